The Labute approximate surface area is 162 Å². The summed E-state index contributed by atoms with van der Waals surface area (Å²) in [7, 11) is 0. The zero-order valence-electron chi connectivity index (χ0n) is 15.2. The fraction of sp³-hybridized carbons (Fsp3) is 0.136. The first-order chi connectivity index (χ1) is 13.6. The molecule has 1 amide bonds. The predicted molar refractivity (Wildman–Crippen MR) is 105 cm³/mol. The number of carbonyl (C=O) groups is 2. The second-order valence-electron chi connectivity index (χ2n) is 6.08. The van der Waals surface area contributed by atoms with Crippen LogP contribution in [0.15, 0.2) is 66.7 Å². The third-order valence-electron chi connectivity index (χ3n) is 4.06. The number of nitrogens with one attached hydrogen (secondary N) is 1. The van der Waals surface area contributed by atoms with Crippen LogP contribution in [0.2, 0.25) is 0 Å². The average molecular weight is 374 g/mol. The molecule has 0 saturated carbocycles. The molecule has 6 heteroatoms. The van der Waals surface area contributed by atoms with Gasteiger partial charge in [-0.25, -0.2) is 4.79 Å². The van der Waals surface area contributed by atoms with E-state index in [1.54, 1.807) is 30.3 Å². The van der Waals surface area contributed by atoms with Gasteiger partial charge in [-0.3, -0.25) is 4.79 Å². The third kappa shape index (κ3) is 4.65. The van der Waals surface area contributed by atoms with Crippen molar-refractivity contribution in [1.29, 1.82) is 5.26 Å². The van der Waals surface area contributed by atoms with Gasteiger partial charge in [0.25, 0.3) is 5.91 Å². The van der Waals surface area contributed by atoms with Crippen LogP contribution in [0.3, 0.4) is 0 Å². The number of benzene rings is 3. The van der Waals surface area contributed by atoms with Crippen molar-refractivity contribution in [1.82, 2.24) is 0 Å². The van der Waals surface area contributed by atoms with E-state index < -0.39 is 18.0 Å². The quantitative estimate of drug-likeness (QED) is 0.665. The highest BCUT2D eigenvalue weighted by atomic mass is 16.6. The molecule has 1 atom stereocenters. The summed E-state index contributed by atoms with van der Waals surface area (Å²) in [5.41, 5.74) is 0.694. The third-order valence-corrected chi connectivity index (χ3v) is 4.06. The molecule has 3 aromatic carbocycles. The van der Waals surface area contributed by atoms with Crippen LogP contribution < -0.4 is 10.1 Å². The minimum absolute atomic E-state index is 0.315. The van der Waals surface area contributed by atoms with Gasteiger partial charge < -0.3 is 14.8 Å². The van der Waals surface area contributed by atoms with Crippen LogP contribution in [-0.2, 0) is 14.3 Å². The zero-order valence-corrected chi connectivity index (χ0v) is 15.2. The topological polar surface area (TPSA) is 88.4 Å². The molecule has 3 rings (SSSR count). The van der Waals surface area contributed by atoms with Crippen LogP contribution in [0, 0.1) is 11.3 Å². The molecule has 3 aromatic rings. The molecule has 0 heterocycles. The molecule has 0 saturated heterocycles. The molecule has 0 aromatic heterocycles. The normalized spacial score (nSPS) is 11.3. The summed E-state index contributed by atoms with van der Waals surface area (Å²) >= 11 is 0. The van der Waals surface area contributed by atoms with Gasteiger partial charge in [-0.05, 0) is 42.0 Å². The van der Waals surface area contributed by atoms with Gasteiger partial charge in [0.1, 0.15) is 11.8 Å². The highest BCUT2D eigenvalue weighted by Crippen LogP contribution is 2.20. The fourth-order valence-electron chi connectivity index (χ4n) is 2.61. The SMILES string of the molecule is C[C@@H](OC(=O)COc1ccc2ccccc2c1)C(=O)Nc1ccccc1C#N. The van der Waals surface area contributed by atoms with Crippen LogP contribution in [0.1, 0.15) is 12.5 Å². The van der Waals surface area contributed by atoms with Gasteiger partial charge in [0.15, 0.2) is 12.7 Å². The minimum Gasteiger partial charge on any atom is -0.482 e. The number of hydrogen-bond donors (Lipinski definition) is 1. The molecule has 0 spiro atoms. The number of nitrogens with zero attached hydrogens (tertiary/aromatic N) is 1. The van der Waals surface area contributed by atoms with Gasteiger partial charge in [-0.15, -0.1) is 0 Å². The molecule has 0 fully saturated rings. The molecular formula is C22H18N2O4. The second-order valence-corrected chi connectivity index (χ2v) is 6.08. The van der Waals surface area contributed by atoms with Gasteiger partial charge in [0.2, 0.25) is 0 Å². The van der Waals surface area contributed by atoms with E-state index in [4.69, 9.17) is 14.7 Å². The molecule has 28 heavy (non-hydrogen) atoms. The smallest absolute Gasteiger partial charge is 0.344 e. The van der Waals surface area contributed by atoms with Crippen LogP contribution in [0.25, 0.3) is 10.8 Å². The monoisotopic (exact) mass is 374 g/mol. The molecule has 1 N–H and O–H groups in total. The largest absolute Gasteiger partial charge is 0.482 e. The molecular weight excluding hydrogens is 356 g/mol. The number of ether oxygens (including phenoxy) is 2. The van der Waals surface area contributed by atoms with E-state index in [1.807, 2.05) is 42.5 Å². The lowest BCUT2D eigenvalue weighted by Crippen LogP contribution is -2.31. The lowest BCUT2D eigenvalue weighted by atomic mass is 10.1. The summed E-state index contributed by atoms with van der Waals surface area (Å²) in [6, 6.07) is 21.9. The first kappa shape index (κ1) is 18.9. The maximum atomic E-state index is 12.2. The Balaban J connectivity index is 1.53. The molecule has 0 aliphatic rings. The van der Waals surface area contributed by atoms with Crippen LogP contribution in [0.5, 0.6) is 5.75 Å². The van der Waals surface area contributed by atoms with Gasteiger partial charge in [0.05, 0.1) is 11.3 Å². The van der Waals surface area contributed by atoms with Gasteiger partial charge in [-0.1, -0.05) is 42.5 Å². The molecule has 0 aliphatic carbocycles. The Kier molecular flexibility index (Phi) is 5.87. The molecule has 0 radical (unpaired) electrons. The second kappa shape index (κ2) is 8.69. The van der Waals surface area contributed by atoms with Crippen molar-refractivity contribution in [3.05, 3.63) is 72.3 Å². The van der Waals surface area contributed by atoms with Crippen LogP contribution in [0.4, 0.5) is 5.69 Å². The Morgan fingerprint density at radius 2 is 1.75 bits per heavy atom. The van der Waals surface area contributed by atoms with Crippen molar-refractivity contribution >= 4 is 28.3 Å². The molecule has 0 unspecified atom stereocenters. The van der Waals surface area contributed by atoms with Crippen molar-refractivity contribution in [2.75, 3.05) is 11.9 Å². The predicted octanol–water partition coefficient (Wildman–Crippen LogP) is 3.66. The molecule has 6 nitrogen and oxygen atoms in total. The summed E-state index contributed by atoms with van der Waals surface area (Å²) in [5, 5.41) is 13.7. The van der Waals surface area contributed by atoms with E-state index in [2.05, 4.69) is 5.32 Å². The number of amides is 1. The van der Waals surface area contributed by atoms with E-state index in [0.717, 1.165) is 10.8 Å². The van der Waals surface area contributed by atoms with E-state index in [1.165, 1.54) is 6.92 Å². The Morgan fingerprint density at radius 3 is 2.54 bits per heavy atom. The van der Waals surface area contributed by atoms with Gasteiger partial charge >= 0.3 is 5.97 Å². The Bertz CT molecular complexity index is 1060. The summed E-state index contributed by atoms with van der Waals surface area (Å²) in [6.45, 7) is 1.14. The summed E-state index contributed by atoms with van der Waals surface area (Å²) in [5.74, 6) is -0.651. The van der Waals surface area contributed by atoms with E-state index in [-0.39, 0.29) is 6.61 Å². The number of nitriles is 1. The highest BCUT2D eigenvalue weighted by molar-refractivity contribution is 5.96. The van der Waals surface area contributed by atoms with Crippen molar-refractivity contribution in [2.24, 2.45) is 0 Å². The summed E-state index contributed by atoms with van der Waals surface area (Å²) in [6.07, 6.45) is -1.03. The van der Waals surface area contributed by atoms with Crippen molar-refractivity contribution in [2.45, 2.75) is 13.0 Å². The van der Waals surface area contributed by atoms with Gasteiger partial charge in [-0.2, -0.15) is 5.26 Å². The average Bonchev–Trinajstić information content (AvgIpc) is 2.72. The van der Waals surface area contributed by atoms with Crippen LogP contribution >= 0.6 is 0 Å². The number of esters is 1. The van der Waals surface area contributed by atoms with E-state index >= 15 is 0 Å². The standard InChI is InChI=1S/C22H18N2O4/c1-15(22(26)24-20-9-5-4-8-18(20)13-23)28-21(25)14-27-19-11-10-16-6-2-3-7-17(16)12-19/h2-12,15H,14H2,1H3,(H,24,26)/t15-/m1/s1. The molecule has 140 valence electrons. The number of hydrogen-bond acceptors (Lipinski definition) is 5. The lowest BCUT2D eigenvalue weighted by molar-refractivity contribution is -0.155. The summed E-state index contributed by atoms with van der Waals surface area (Å²) < 4.78 is 10.6. The number of rotatable bonds is 6. The van der Waals surface area contributed by atoms with E-state index in [9.17, 15) is 9.59 Å². The van der Waals surface area contributed by atoms with Crippen molar-refractivity contribution in [3.8, 4) is 11.8 Å². The van der Waals surface area contributed by atoms with Gasteiger partial charge in [0, 0.05) is 0 Å². The lowest BCUT2D eigenvalue weighted by Gasteiger charge is -2.14. The minimum atomic E-state index is -1.03. The number of para-hydroxylation sites is 1. The first-order valence-corrected chi connectivity index (χ1v) is 8.68. The highest BCUT2D eigenvalue weighted by Gasteiger charge is 2.19. The Hall–Kier alpha value is -3.85. The number of anilines is 1. The van der Waals surface area contributed by atoms with Crippen molar-refractivity contribution < 1.29 is 19.1 Å². The maximum absolute atomic E-state index is 12.2. The molecule has 0 aliphatic heterocycles. The zero-order chi connectivity index (χ0) is 19.9. The fourth-order valence-corrected chi connectivity index (χ4v) is 2.61. The maximum Gasteiger partial charge on any atom is 0.344 e. The number of carbonyl (C=O) groups excluding carboxylic acids is 2. The Morgan fingerprint density at radius 1 is 1.04 bits per heavy atom. The first-order valence-electron chi connectivity index (χ1n) is 8.68. The van der Waals surface area contributed by atoms with Crippen LogP contribution in [-0.4, -0.2) is 24.6 Å². The molecule has 0 bridgehead atoms. The van der Waals surface area contributed by atoms with Crippen molar-refractivity contribution in [3.63, 3.8) is 0 Å². The van der Waals surface area contributed by atoms with E-state index in [0.29, 0.717) is 17.0 Å². The summed E-state index contributed by atoms with van der Waals surface area (Å²) in [4.78, 5) is 24.2. The number of fused-ring (bicyclic) bond motifs is 1.